The average molecular weight is 550 g/mol. The Kier molecular flexibility index (Phi) is 8.85. The summed E-state index contributed by atoms with van der Waals surface area (Å²) < 4.78 is 13.1. The Morgan fingerprint density at radius 2 is 1.65 bits per heavy atom. The van der Waals surface area contributed by atoms with E-state index in [-0.39, 0.29) is 11.7 Å². The van der Waals surface area contributed by atoms with Crippen LogP contribution >= 0.6 is 11.8 Å². The van der Waals surface area contributed by atoms with E-state index in [2.05, 4.69) is 20.7 Å². The van der Waals surface area contributed by atoms with E-state index >= 15 is 0 Å². The molecule has 0 atom stereocenters. The summed E-state index contributed by atoms with van der Waals surface area (Å²) in [4.78, 5) is 12.6. The van der Waals surface area contributed by atoms with Gasteiger partial charge in [-0.3, -0.25) is 9.36 Å². The number of aromatic nitrogens is 3. The largest absolute Gasteiger partial charge is 0.497 e. The fourth-order valence-corrected chi connectivity index (χ4v) is 4.61. The van der Waals surface area contributed by atoms with E-state index in [1.165, 1.54) is 11.8 Å². The third kappa shape index (κ3) is 6.95. The van der Waals surface area contributed by atoms with E-state index in [1.54, 1.807) is 13.3 Å². The summed E-state index contributed by atoms with van der Waals surface area (Å²) in [6.45, 7) is 0.475. The van der Waals surface area contributed by atoms with Crippen LogP contribution in [0, 0.1) is 0 Å². The van der Waals surface area contributed by atoms with Crippen molar-refractivity contribution in [3.8, 4) is 28.6 Å². The van der Waals surface area contributed by atoms with Crippen LogP contribution in [0.15, 0.2) is 119 Å². The lowest BCUT2D eigenvalue weighted by Crippen LogP contribution is -2.20. The molecule has 8 nitrogen and oxygen atoms in total. The maximum Gasteiger partial charge on any atom is 0.250 e. The fourth-order valence-electron chi connectivity index (χ4n) is 3.87. The number of methoxy groups -OCH3 is 1. The summed E-state index contributed by atoms with van der Waals surface area (Å²) in [5, 5.41) is 13.5. The Morgan fingerprint density at radius 3 is 2.40 bits per heavy atom. The van der Waals surface area contributed by atoms with Crippen molar-refractivity contribution < 1.29 is 14.3 Å². The summed E-state index contributed by atoms with van der Waals surface area (Å²) in [6.07, 6.45) is 1.59. The highest BCUT2D eigenvalue weighted by Crippen LogP contribution is 2.28. The molecule has 0 saturated carbocycles. The van der Waals surface area contributed by atoms with Crippen molar-refractivity contribution >= 4 is 23.9 Å². The molecule has 1 heterocycles. The number of benzene rings is 4. The van der Waals surface area contributed by atoms with E-state index in [0.717, 1.165) is 33.9 Å². The third-order valence-corrected chi connectivity index (χ3v) is 6.77. The molecule has 0 saturated heterocycles. The van der Waals surface area contributed by atoms with Crippen molar-refractivity contribution in [2.75, 3.05) is 12.9 Å². The highest BCUT2D eigenvalue weighted by molar-refractivity contribution is 7.99. The molecule has 1 aromatic heterocycles. The van der Waals surface area contributed by atoms with Crippen molar-refractivity contribution in [1.82, 2.24) is 20.2 Å². The fraction of sp³-hybridized carbons (Fsp3) is 0.0968. The molecule has 200 valence electrons. The lowest BCUT2D eigenvalue weighted by molar-refractivity contribution is -0.118. The van der Waals surface area contributed by atoms with Crippen molar-refractivity contribution in [2.24, 2.45) is 5.10 Å². The number of nitrogens with zero attached hydrogens (tertiary/aromatic N) is 4. The van der Waals surface area contributed by atoms with Gasteiger partial charge in [-0.15, -0.1) is 10.2 Å². The monoisotopic (exact) mass is 549 g/mol. The van der Waals surface area contributed by atoms with Gasteiger partial charge in [0.15, 0.2) is 11.0 Å². The van der Waals surface area contributed by atoms with Crippen molar-refractivity contribution in [3.05, 3.63) is 120 Å². The van der Waals surface area contributed by atoms with E-state index in [4.69, 9.17) is 9.47 Å². The topological polar surface area (TPSA) is 90.6 Å². The molecule has 0 fully saturated rings. The second-order valence-electron chi connectivity index (χ2n) is 8.63. The lowest BCUT2D eigenvalue weighted by Gasteiger charge is -2.11. The van der Waals surface area contributed by atoms with E-state index in [9.17, 15) is 4.79 Å². The summed E-state index contributed by atoms with van der Waals surface area (Å²) in [5.41, 5.74) is 6.26. The first-order chi connectivity index (χ1) is 19.7. The predicted octanol–water partition coefficient (Wildman–Crippen LogP) is 5.76. The zero-order valence-corrected chi connectivity index (χ0v) is 22.6. The summed E-state index contributed by atoms with van der Waals surface area (Å²) in [7, 11) is 1.63. The molecular weight excluding hydrogens is 522 g/mol. The number of carbonyl (C=O) groups excluding carboxylic acids is 1. The number of thioether (sulfide) groups is 1. The second kappa shape index (κ2) is 13.3. The number of hydrogen-bond donors (Lipinski definition) is 1. The molecule has 5 rings (SSSR count). The first kappa shape index (κ1) is 26.7. The average Bonchev–Trinajstić information content (AvgIpc) is 3.44. The van der Waals surface area contributed by atoms with Gasteiger partial charge in [0.05, 0.1) is 19.1 Å². The lowest BCUT2D eigenvalue weighted by atomic mass is 10.2. The number of rotatable bonds is 11. The number of ether oxygens (including phenoxy) is 2. The predicted molar refractivity (Wildman–Crippen MR) is 157 cm³/mol. The molecule has 9 heteroatoms. The van der Waals surface area contributed by atoms with Crippen molar-refractivity contribution in [1.29, 1.82) is 0 Å². The molecule has 0 bridgehead atoms. The van der Waals surface area contributed by atoms with Gasteiger partial charge in [0.25, 0.3) is 5.91 Å². The Balaban J connectivity index is 1.22. The van der Waals surface area contributed by atoms with Gasteiger partial charge in [0.1, 0.15) is 18.1 Å². The van der Waals surface area contributed by atoms with Crippen molar-refractivity contribution in [3.63, 3.8) is 0 Å². The van der Waals surface area contributed by atoms with E-state index in [0.29, 0.717) is 17.6 Å². The van der Waals surface area contributed by atoms with Crippen LogP contribution in [0.4, 0.5) is 0 Å². The molecule has 0 radical (unpaired) electrons. The van der Waals surface area contributed by atoms with Gasteiger partial charge >= 0.3 is 0 Å². The number of carbonyl (C=O) groups is 1. The van der Waals surface area contributed by atoms with Crippen LogP contribution in [0.2, 0.25) is 0 Å². The Hall–Kier alpha value is -4.89. The number of nitrogens with one attached hydrogen (secondary N) is 1. The van der Waals surface area contributed by atoms with Gasteiger partial charge in [0.2, 0.25) is 0 Å². The molecule has 40 heavy (non-hydrogen) atoms. The van der Waals surface area contributed by atoms with Crippen LogP contribution in [0.3, 0.4) is 0 Å². The van der Waals surface area contributed by atoms with Gasteiger partial charge in [-0.2, -0.15) is 5.10 Å². The molecule has 4 aromatic carbocycles. The first-order valence-electron chi connectivity index (χ1n) is 12.6. The van der Waals surface area contributed by atoms with Crippen LogP contribution in [0.1, 0.15) is 11.1 Å². The molecule has 1 amide bonds. The van der Waals surface area contributed by atoms with Crippen LogP contribution in [-0.2, 0) is 11.4 Å². The first-order valence-corrected chi connectivity index (χ1v) is 13.5. The minimum atomic E-state index is -0.261. The quantitative estimate of drug-likeness (QED) is 0.128. The van der Waals surface area contributed by atoms with Crippen LogP contribution < -0.4 is 14.9 Å². The van der Waals surface area contributed by atoms with Gasteiger partial charge in [-0.25, -0.2) is 5.43 Å². The summed E-state index contributed by atoms with van der Waals surface area (Å²) in [5.74, 6) is 2.00. The zero-order valence-electron chi connectivity index (χ0n) is 21.8. The summed E-state index contributed by atoms with van der Waals surface area (Å²) in [6, 6.07) is 34.9. The minimum absolute atomic E-state index is 0.112. The molecule has 0 aliphatic heterocycles. The van der Waals surface area contributed by atoms with E-state index < -0.39 is 0 Å². The normalized spacial score (nSPS) is 10.9. The molecule has 0 spiro atoms. The highest BCUT2D eigenvalue weighted by Gasteiger charge is 2.17. The molecular formula is C31H27N5O3S. The van der Waals surface area contributed by atoms with E-state index in [1.807, 2.05) is 114 Å². The van der Waals surface area contributed by atoms with Gasteiger partial charge in [-0.05, 0) is 47.5 Å². The Labute approximate surface area is 236 Å². The number of amides is 1. The zero-order chi connectivity index (χ0) is 27.6. The summed E-state index contributed by atoms with van der Waals surface area (Å²) >= 11 is 1.28. The smallest absolute Gasteiger partial charge is 0.250 e. The maximum atomic E-state index is 12.6. The van der Waals surface area contributed by atoms with Gasteiger partial charge in [0, 0.05) is 11.3 Å². The standard InChI is InChI=1S/C31H27N5O3S/c1-38-27-17-15-26(16-18-27)36-30(25-12-6-3-7-13-25)34-35-31(36)40-22-29(37)33-32-20-24-11-8-14-28(19-24)39-21-23-9-4-2-5-10-23/h2-20H,21-22H2,1H3,(H,33,37)/b32-20-. The number of hydrazone groups is 1. The second-order valence-corrected chi connectivity index (χ2v) is 9.58. The van der Waals surface area contributed by atoms with Gasteiger partial charge < -0.3 is 9.47 Å². The molecule has 1 N–H and O–H groups in total. The SMILES string of the molecule is COc1ccc(-n2c(SCC(=O)N/N=C\c3cccc(OCc4ccccc4)c3)nnc2-c2ccccc2)cc1. The van der Waals surface area contributed by atoms with Crippen LogP contribution in [0.5, 0.6) is 11.5 Å². The molecule has 0 aliphatic carbocycles. The molecule has 0 unspecified atom stereocenters. The van der Waals surface area contributed by atoms with Gasteiger partial charge in [-0.1, -0.05) is 84.6 Å². The highest BCUT2D eigenvalue weighted by atomic mass is 32.2. The minimum Gasteiger partial charge on any atom is -0.497 e. The van der Waals surface area contributed by atoms with Crippen molar-refractivity contribution in [2.45, 2.75) is 11.8 Å². The third-order valence-electron chi connectivity index (χ3n) is 5.84. The number of hydrogen-bond acceptors (Lipinski definition) is 7. The maximum absolute atomic E-state index is 12.6. The van der Waals surface area contributed by atoms with Crippen LogP contribution in [-0.4, -0.2) is 39.7 Å². The Morgan fingerprint density at radius 1 is 0.900 bits per heavy atom. The Bertz CT molecular complexity index is 1570. The van der Waals surface area contributed by atoms with Crippen LogP contribution in [0.25, 0.3) is 17.1 Å². The molecule has 5 aromatic rings. The molecule has 0 aliphatic rings.